The zero-order valence-electron chi connectivity index (χ0n) is 11.0. The van der Waals surface area contributed by atoms with E-state index < -0.39 is 5.91 Å². The van der Waals surface area contributed by atoms with Gasteiger partial charge in [-0.3, -0.25) is 10.2 Å². The Balaban J connectivity index is 2.15. The fourth-order valence-corrected chi connectivity index (χ4v) is 2.30. The number of nitrogens with one attached hydrogen (secondary N) is 1. The zero-order chi connectivity index (χ0) is 16.3. The second kappa shape index (κ2) is 7.15. The number of para-hydroxylation sites is 1. The number of hydrazine groups is 1. The van der Waals surface area contributed by atoms with E-state index in [0.29, 0.717) is 10.7 Å². The fraction of sp³-hybridized carbons (Fsp3) is 0.0833. The summed E-state index contributed by atoms with van der Waals surface area (Å²) in [6.45, 7) is -0.109. The number of thiocarbonyl (C=S) groups is 1. The van der Waals surface area contributed by atoms with Gasteiger partial charge in [0.2, 0.25) is 0 Å². The van der Waals surface area contributed by atoms with E-state index in [-0.39, 0.29) is 22.0 Å². The van der Waals surface area contributed by atoms with Gasteiger partial charge in [0.15, 0.2) is 10.3 Å². The van der Waals surface area contributed by atoms with Crippen LogP contribution in [-0.4, -0.2) is 20.6 Å². The standard InChI is InChI=1S/C12H10Cl3N5OS/c13-7-3-1-2-4-8(7)20(12(16)22)18-9(21)5-19-6-17-10(14)11(19)15/h1-4,6H,5H2,(H2,16,22)(H,18,21). The summed E-state index contributed by atoms with van der Waals surface area (Å²) in [5.41, 5.74) is 8.64. The number of aromatic nitrogens is 2. The van der Waals surface area contributed by atoms with Crippen LogP contribution in [0, 0.1) is 0 Å². The van der Waals surface area contributed by atoms with Crippen molar-refractivity contribution in [1.82, 2.24) is 15.0 Å². The molecule has 0 aliphatic heterocycles. The molecule has 0 spiro atoms. The Hall–Kier alpha value is -1.54. The van der Waals surface area contributed by atoms with E-state index in [1.807, 2.05) is 0 Å². The highest BCUT2D eigenvalue weighted by Gasteiger charge is 2.17. The number of imidazole rings is 1. The Morgan fingerprint density at radius 2 is 2.05 bits per heavy atom. The molecule has 116 valence electrons. The van der Waals surface area contributed by atoms with Crippen molar-refractivity contribution in [2.75, 3.05) is 5.01 Å². The van der Waals surface area contributed by atoms with Crippen molar-refractivity contribution in [3.8, 4) is 0 Å². The molecule has 0 aliphatic carbocycles. The predicted octanol–water partition coefficient (Wildman–Crippen LogP) is 2.62. The summed E-state index contributed by atoms with van der Waals surface area (Å²) in [6.07, 6.45) is 1.35. The highest BCUT2D eigenvalue weighted by Crippen LogP contribution is 2.24. The lowest BCUT2D eigenvalue weighted by Gasteiger charge is -2.24. The first-order valence-electron chi connectivity index (χ1n) is 5.90. The van der Waals surface area contributed by atoms with Crippen LogP contribution < -0.4 is 16.2 Å². The molecule has 10 heteroatoms. The van der Waals surface area contributed by atoms with Crippen LogP contribution in [0.15, 0.2) is 30.6 Å². The second-order valence-corrected chi connectivity index (χ2v) is 5.66. The van der Waals surface area contributed by atoms with Crippen LogP contribution in [0.25, 0.3) is 0 Å². The van der Waals surface area contributed by atoms with Crippen LogP contribution in [0.4, 0.5) is 5.69 Å². The summed E-state index contributed by atoms with van der Waals surface area (Å²) in [5.74, 6) is -0.427. The summed E-state index contributed by atoms with van der Waals surface area (Å²) >= 11 is 22.6. The first kappa shape index (κ1) is 16.8. The largest absolute Gasteiger partial charge is 0.374 e. The Bertz CT molecular complexity index is 721. The maximum Gasteiger partial charge on any atom is 0.258 e. The van der Waals surface area contributed by atoms with E-state index in [1.165, 1.54) is 15.9 Å². The number of anilines is 1. The minimum absolute atomic E-state index is 0.0591. The van der Waals surface area contributed by atoms with Crippen LogP contribution in [0.5, 0.6) is 0 Å². The van der Waals surface area contributed by atoms with Gasteiger partial charge >= 0.3 is 0 Å². The van der Waals surface area contributed by atoms with Crippen molar-refractivity contribution in [2.24, 2.45) is 5.73 Å². The lowest BCUT2D eigenvalue weighted by molar-refractivity contribution is -0.121. The van der Waals surface area contributed by atoms with Crippen LogP contribution >= 0.6 is 47.0 Å². The van der Waals surface area contributed by atoms with Gasteiger partial charge in [0.25, 0.3) is 5.91 Å². The normalized spacial score (nSPS) is 10.3. The third-order valence-corrected chi connectivity index (χ3v) is 3.87. The molecule has 0 fully saturated rings. The number of hydrogen-bond acceptors (Lipinski definition) is 3. The molecule has 0 aliphatic rings. The van der Waals surface area contributed by atoms with Crippen LogP contribution in [-0.2, 0) is 11.3 Å². The van der Waals surface area contributed by atoms with Gasteiger partial charge in [0, 0.05) is 0 Å². The van der Waals surface area contributed by atoms with Gasteiger partial charge in [0.05, 0.1) is 17.0 Å². The van der Waals surface area contributed by atoms with E-state index in [0.717, 1.165) is 0 Å². The molecule has 1 amide bonds. The van der Waals surface area contributed by atoms with E-state index >= 15 is 0 Å². The lowest BCUT2D eigenvalue weighted by Crippen LogP contribution is -2.50. The van der Waals surface area contributed by atoms with Crippen molar-refractivity contribution in [3.63, 3.8) is 0 Å². The Kier molecular flexibility index (Phi) is 5.47. The minimum Gasteiger partial charge on any atom is -0.374 e. The van der Waals surface area contributed by atoms with Crippen LogP contribution in [0.3, 0.4) is 0 Å². The Morgan fingerprint density at radius 1 is 1.36 bits per heavy atom. The molecule has 0 saturated heterocycles. The van der Waals surface area contributed by atoms with Gasteiger partial charge in [-0.2, -0.15) is 0 Å². The van der Waals surface area contributed by atoms with Gasteiger partial charge in [-0.05, 0) is 24.4 Å². The molecule has 1 aromatic heterocycles. The molecular formula is C12H10Cl3N5OS. The number of rotatable bonds is 3. The predicted molar refractivity (Wildman–Crippen MR) is 91.1 cm³/mol. The van der Waals surface area contributed by atoms with Crippen molar-refractivity contribution >= 4 is 63.7 Å². The number of benzene rings is 1. The van der Waals surface area contributed by atoms with E-state index in [1.54, 1.807) is 24.3 Å². The number of hydrogen-bond donors (Lipinski definition) is 2. The number of nitrogens with two attached hydrogens (primary N) is 1. The molecule has 0 saturated carbocycles. The van der Waals surface area contributed by atoms with E-state index in [2.05, 4.69) is 10.4 Å². The molecule has 0 unspecified atom stereocenters. The SMILES string of the molecule is NC(=S)N(NC(=O)Cn1cnc(Cl)c1Cl)c1ccccc1Cl. The van der Waals surface area contributed by atoms with Gasteiger partial charge in [-0.25, -0.2) is 9.99 Å². The highest BCUT2D eigenvalue weighted by molar-refractivity contribution is 7.80. The summed E-state index contributed by atoms with van der Waals surface area (Å²) in [7, 11) is 0. The van der Waals surface area contributed by atoms with Gasteiger partial charge < -0.3 is 10.3 Å². The molecule has 0 radical (unpaired) electrons. The van der Waals surface area contributed by atoms with Gasteiger partial charge in [0.1, 0.15) is 11.7 Å². The van der Waals surface area contributed by atoms with Gasteiger partial charge in [-0.1, -0.05) is 46.9 Å². The van der Waals surface area contributed by atoms with Crippen LogP contribution in [0.1, 0.15) is 0 Å². The summed E-state index contributed by atoms with van der Waals surface area (Å²) in [4.78, 5) is 15.9. The third kappa shape index (κ3) is 3.80. The first-order valence-corrected chi connectivity index (χ1v) is 7.44. The number of carbonyl (C=O) groups is 1. The first-order chi connectivity index (χ1) is 10.4. The molecule has 0 bridgehead atoms. The fourth-order valence-electron chi connectivity index (χ4n) is 1.63. The Morgan fingerprint density at radius 3 is 2.59 bits per heavy atom. The van der Waals surface area contributed by atoms with Crippen molar-refractivity contribution in [2.45, 2.75) is 6.54 Å². The quantitative estimate of drug-likeness (QED) is 0.634. The highest BCUT2D eigenvalue weighted by atomic mass is 35.5. The minimum atomic E-state index is -0.427. The second-order valence-electron chi connectivity index (χ2n) is 4.11. The smallest absolute Gasteiger partial charge is 0.258 e. The zero-order valence-corrected chi connectivity index (χ0v) is 14.0. The summed E-state index contributed by atoms with van der Waals surface area (Å²) < 4.78 is 1.38. The molecule has 1 heterocycles. The average molecular weight is 379 g/mol. The summed E-state index contributed by atoms with van der Waals surface area (Å²) in [6, 6.07) is 6.81. The molecule has 1 aromatic carbocycles. The molecule has 6 nitrogen and oxygen atoms in total. The maximum atomic E-state index is 12.1. The molecule has 0 atom stereocenters. The number of carbonyl (C=O) groups excluding carboxylic acids is 1. The van der Waals surface area contributed by atoms with Crippen LogP contribution in [0.2, 0.25) is 15.3 Å². The van der Waals surface area contributed by atoms with Crippen molar-refractivity contribution in [1.29, 1.82) is 0 Å². The molecule has 3 N–H and O–H groups in total. The van der Waals surface area contributed by atoms with E-state index in [9.17, 15) is 4.79 Å². The maximum absolute atomic E-state index is 12.1. The molecular weight excluding hydrogens is 369 g/mol. The molecule has 2 rings (SSSR count). The van der Waals surface area contributed by atoms with Crippen molar-refractivity contribution < 1.29 is 4.79 Å². The van der Waals surface area contributed by atoms with Gasteiger partial charge in [-0.15, -0.1) is 0 Å². The number of amides is 1. The Labute approximate surface area is 146 Å². The lowest BCUT2D eigenvalue weighted by atomic mass is 10.3. The van der Waals surface area contributed by atoms with E-state index in [4.69, 9.17) is 52.8 Å². The topological polar surface area (TPSA) is 76.2 Å². The average Bonchev–Trinajstić information content (AvgIpc) is 2.77. The molecule has 2 aromatic rings. The third-order valence-electron chi connectivity index (χ3n) is 2.60. The van der Waals surface area contributed by atoms with Crippen molar-refractivity contribution in [3.05, 3.63) is 45.9 Å². The monoisotopic (exact) mass is 377 g/mol. The summed E-state index contributed by atoms with van der Waals surface area (Å²) in [5, 5.41) is 1.82. The molecule has 22 heavy (non-hydrogen) atoms. The number of nitrogens with zero attached hydrogens (tertiary/aromatic N) is 3. The number of halogens is 3.